The van der Waals surface area contributed by atoms with Gasteiger partial charge in [-0.15, -0.1) is 0 Å². The van der Waals surface area contributed by atoms with Crippen LogP contribution in [0.25, 0.3) is 11.0 Å². The van der Waals surface area contributed by atoms with Crippen LogP contribution in [0.2, 0.25) is 5.02 Å². The van der Waals surface area contributed by atoms with Crippen molar-refractivity contribution in [1.29, 1.82) is 0 Å². The Morgan fingerprint density at radius 2 is 1.77 bits per heavy atom. The third-order valence-electron chi connectivity index (χ3n) is 4.01. The summed E-state index contributed by atoms with van der Waals surface area (Å²) in [5.74, 6) is 2.27. The van der Waals surface area contributed by atoms with Crippen molar-refractivity contribution < 1.29 is 4.74 Å². The van der Waals surface area contributed by atoms with Gasteiger partial charge in [-0.3, -0.25) is 0 Å². The van der Waals surface area contributed by atoms with E-state index >= 15 is 0 Å². The SMILES string of the molecule is Clc1ccccc1OCc1nc2ccccc2n1CNc1ccccn1. The molecule has 0 atom stereocenters. The van der Waals surface area contributed by atoms with Gasteiger partial charge in [0, 0.05) is 6.20 Å². The van der Waals surface area contributed by atoms with Crippen LogP contribution in [0.15, 0.2) is 72.9 Å². The van der Waals surface area contributed by atoms with Gasteiger partial charge in [0.25, 0.3) is 0 Å². The van der Waals surface area contributed by atoms with E-state index in [9.17, 15) is 0 Å². The zero-order valence-electron chi connectivity index (χ0n) is 14.0. The lowest BCUT2D eigenvalue weighted by Crippen LogP contribution is -2.13. The first-order valence-corrected chi connectivity index (χ1v) is 8.65. The van der Waals surface area contributed by atoms with E-state index in [1.165, 1.54) is 0 Å². The van der Waals surface area contributed by atoms with Crippen molar-refractivity contribution in [3.8, 4) is 5.75 Å². The highest BCUT2D eigenvalue weighted by Gasteiger charge is 2.12. The summed E-state index contributed by atoms with van der Waals surface area (Å²) in [6, 6.07) is 21.2. The standard InChI is InChI=1S/C20H17ClN4O/c21-15-7-1-4-10-18(15)26-13-20-24-16-8-2-3-9-17(16)25(20)14-23-19-11-5-6-12-22-19/h1-12H,13-14H2,(H,22,23). The quantitative estimate of drug-likeness (QED) is 0.537. The number of imidazole rings is 1. The number of para-hydroxylation sites is 3. The molecule has 5 nitrogen and oxygen atoms in total. The van der Waals surface area contributed by atoms with Crippen molar-refractivity contribution in [2.75, 3.05) is 5.32 Å². The first-order valence-electron chi connectivity index (χ1n) is 8.27. The number of pyridine rings is 1. The molecule has 4 aromatic rings. The van der Waals surface area contributed by atoms with Gasteiger partial charge in [0.05, 0.1) is 22.7 Å². The molecule has 2 aromatic heterocycles. The monoisotopic (exact) mass is 364 g/mol. The molecule has 0 aliphatic rings. The highest BCUT2D eigenvalue weighted by Crippen LogP contribution is 2.25. The molecule has 26 heavy (non-hydrogen) atoms. The van der Waals surface area contributed by atoms with Crippen LogP contribution in [0.5, 0.6) is 5.75 Å². The Labute approximate surface area is 156 Å². The van der Waals surface area contributed by atoms with Gasteiger partial charge >= 0.3 is 0 Å². The summed E-state index contributed by atoms with van der Waals surface area (Å²) in [6.45, 7) is 0.862. The average molecular weight is 365 g/mol. The Morgan fingerprint density at radius 1 is 0.962 bits per heavy atom. The third-order valence-corrected chi connectivity index (χ3v) is 4.32. The summed E-state index contributed by atoms with van der Waals surface area (Å²) in [7, 11) is 0. The number of aromatic nitrogens is 3. The minimum atomic E-state index is 0.322. The van der Waals surface area contributed by atoms with Gasteiger partial charge in [-0.1, -0.05) is 41.9 Å². The van der Waals surface area contributed by atoms with Gasteiger partial charge < -0.3 is 14.6 Å². The maximum Gasteiger partial charge on any atom is 0.149 e. The molecule has 6 heteroatoms. The van der Waals surface area contributed by atoms with Crippen molar-refractivity contribution >= 4 is 28.5 Å². The summed E-state index contributed by atoms with van der Waals surface area (Å²) in [5, 5.41) is 3.90. The number of rotatable bonds is 6. The second-order valence-electron chi connectivity index (χ2n) is 5.71. The molecule has 1 N–H and O–H groups in total. The first-order chi connectivity index (χ1) is 12.8. The topological polar surface area (TPSA) is 52.0 Å². The van der Waals surface area contributed by atoms with Crippen LogP contribution in [-0.2, 0) is 13.3 Å². The molecule has 2 heterocycles. The fraction of sp³-hybridized carbons (Fsp3) is 0.100. The Kier molecular flexibility index (Phi) is 4.71. The lowest BCUT2D eigenvalue weighted by atomic mass is 10.3. The predicted octanol–water partition coefficient (Wildman–Crippen LogP) is 4.73. The van der Waals surface area contributed by atoms with Crippen molar-refractivity contribution in [3.63, 3.8) is 0 Å². The Balaban J connectivity index is 1.60. The van der Waals surface area contributed by atoms with Gasteiger partial charge in [-0.2, -0.15) is 0 Å². The molecule has 0 saturated heterocycles. The molecule has 0 aliphatic carbocycles. The Morgan fingerprint density at radius 3 is 2.62 bits per heavy atom. The Hall–Kier alpha value is -3.05. The van der Waals surface area contributed by atoms with Gasteiger partial charge in [0.2, 0.25) is 0 Å². The van der Waals surface area contributed by atoms with E-state index in [2.05, 4.69) is 14.9 Å². The highest BCUT2D eigenvalue weighted by molar-refractivity contribution is 6.32. The van der Waals surface area contributed by atoms with Crippen LogP contribution in [0.4, 0.5) is 5.82 Å². The molecule has 0 amide bonds. The molecule has 0 spiro atoms. The van der Waals surface area contributed by atoms with Crippen LogP contribution >= 0.6 is 11.6 Å². The zero-order chi connectivity index (χ0) is 17.8. The fourth-order valence-electron chi connectivity index (χ4n) is 2.74. The van der Waals surface area contributed by atoms with E-state index < -0.39 is 0 Å². The molecular formula is C20H17ClN4O. The van der Waals surface area contributed by atoms with Gasteiger partial charge in [-0.05, 0) is 36.4 Å². The van der Waals surface area contributed by atoms with Crippen LogP contribution in [-0.4, -0.2) is 14.5 Å². The van der Waals surface area contributed by atoms with Crippen molar-refractivity contribution in [2.45, 2.75) is 13.3 Å². The largest absolute Gasteiger partial charge is 0.484 e. The van der Waals surface area contributed by atoms with E-state index in [-0.39, 0.29) is 0 Å². The molecule has 0 bridgehead atoms. The smallest absolute Gasteiger partial charge is 0.149 e. The lowest BCUT2D eigenvalue weighted by Gasteiger charge is -2.12. The third kappa shape index (κ3) is 3.48. The summed E-state index contributed by atoms with van der Waals surface area (Å²) in [5.41, 5.74) is 1.96. The normalized spacial score (nSPS) is 10.8. The maximum absolute atomic E-state index is 6.18. The van der Waals surface area contributed by atoms with Gasteiger partial charge in [0.1, 0.15) is 24.0 Å². The number of hydrogen-bond donors (Lipinski definition) is 1. The summed E-state index contributed by atoms with van der Waals surface area (Å²) in [6.07, 6.45) is 1.76. The van der Waals surface area contributed by atoms with Crippen LogP contribution < -0.4 is 10.1 Å². The maximum atomic E-state index is 6.18. The highest BCUT2D eigenvalue weighted by atomic mass is 35.5. The van der Waals surface area contributed by atoms with Crippen LogP contribution in [0.3, 0.4) is 0 Å². The number of fused-ring (bicyclic) bond motifs is 1. The number of benzene rings is 2. The molecule has 0 saturated carbocycles. The number of anilines is 1. The average Bonchev–Trinajstić information content (AvgIpc) is 3.04. The molecule has 0 aliphatic heterocycles. The van der Waals surface area contributed by atoms with Crippen LogP contribution in [0, 0.1) is 0 Å². The van der Waals surface area contributed by atoms with E-state index in [1.54, 1.807) is 6.20 Å². The number of nitrogens with one attached hydrogen (secondary N) is 1. The molecule has 0 unspecified atom stereocenters. The number of ether oxygens (including phenoxy) is 1. The summed E-state index contributed by atoms with van der Waals surface area (Å²) < 4.78 is 7.97. The van der Waals surface area contributed by atoms with Crippen molar-refractivity contribution in [3.05, 3.63) is 83.8 Å². The second kappa shape index (κ2) is 7.45. The first kappa shape index (κ1) is 16.4. The summed E-state index contributed by atoms with van der Waals surface area (Å²) in [4.78, 5) is 9.00. The molecular weight excluding hydrogens is 348 g/mol. The molecule has 130 valence electrons. The van der Waals surface area contributed by atoms with Crippen molar-refractivity contribution in [1.82, 2.24) is 14.5 Å². The minimum Gasteiger partial charge on any atom is -0.484 e. The van der Waals surface area contributed by atoms with E-state index in [0.29, 0.717) is 24.0 Å². The van der Waals surface area contributed by atoms with E-state index in [1.807, 2.05) is 66.7 Å². The zero-order valence-corrected chi connectivity index (χ0v) is 14.7. The molecule has 2 aromatic carbocycles. The molecule has 4 rings (SSSR count). The number of nitrogens with zero attached hydrogens (tertiary/aromatic N) is 3. The predicted molar refractivity (Wildman–Crippen MR) is 103 cm³/mol. The van der Waals surface area contributed by atoms with Crippen molar-refractivity contribution in [2.24, 2.45) is 0 Å². The fourth-order valence-corrected chi connectivity index (χ4v) is 2.93. The number of halogens is 1. The number of hydrogen-bond acceptors (Lipinski definition) is 4. The lowest BCUT2D eigenvalue weighted by molar-refractivity contribution is 0.291. The second-order valence-corrected chi connectivity index (χ2v) is 6.12. The molecule has 0 radical (unpaired) electrons. The minimum absolute atomic E-state index is 0.322. The Bertz CT molecular complexity index is 1020. The van der Waals surface area contributed by atoms with Gasteiger partial charge in [-0.25, -0.2) is 9.97 Å². The summed E-state index contributed by atoms with van der Waals surface area (Å²) >= 11 is 6.18. The van der Waals surface area contributed by atoms with Crippen LogP contribution in [0.1, 0.15) is 5.82 Å². The van der Waals surface area contributed by atoms with E-state index in [0.717, 1.165) is 22.7 Å². The van der Waals surface area contributed by atoms with Gasteiger partial charge in [0.15, 0.2) is 0 Å². The molecule has 0 fully saturated rings. The van der Waals surface area contributed by atoms with E-state index in [4.69, 9.17) is 21.3 Å².